The monoisotopic (exact) mass is 1070 g/mol. The van der Waals surface area contributed by atoms with Crippen molar-refractivity contribution in [1.82, 2.24) is 40.4 Å². The smallest absolute Gasteiger partial charge is 0.407 e. The Hall–Kier alpha value is -6.60. The molecule has 3 aromatic carbocycles. The fraction of sp³-hybridized carbons (Fsp3) is 0.579. The highest BCUT2D eigenvalue weighted by atomic mass is 19.1. The maximum absolute atomic E-state index is 17.1. The second-order valence-corrected chi connectivity index (χ2v) is 23.1. The lowest BCUT2D eigenvalue weighted by Crippen LogP contribution is -2.53. The van der Waals surface area contributed by atoms with Crippen LogP contribution >= 0.6 is 0 Å². The van der Waals surface area contributed by atoms with Crippen LogP contribution in [-0.4, -0.2) is 105 Å². The first-order valence-corrected chi connectivity index (χ1v) is 27.8. The van der Waals surface area contributed by atoms with E-state index in [1.54, 1.807) is 21.9 Å². The van der Waals surface area contributed by atoms with Gasteiger partial charge in [-0.05, 0) is 131 Å². The lowest BCUT2D eigenvalue weighted by molar-refractivity contribution is -0.138. The minimum absolute atomic E-state index is 0.0620. The van der Waals surface area contributed by atoms with Crippen LogP contribution < -0.4 is 20.4 Å². The van der Waals surface area contributed by atoms with Gasteiger partial charge in [0.2, 0.25) is 11.8 Å². The number of nitrogens with zero attached hydrogens (tertiary/aromatic N) is 6. The predicted octanol–water partition coefficient (Wildman–Crippen LogP) is 10.7. The normalized spacial score (nSPS) is 26.0. The molecule has 4 N–H and O–H groups in total. The molecule has 4 amide bonds. The standard InChI is InChI=1S/C57H70F4N10O6/c1-28(2)49(66-56(74)76-5)54(72)70-43-14-10-12-30(43)20-47(70)52-62-39-24-33(35(58)26-41(39)64-52)45-16-17-46(69(45)32-22-37(60)51(38(61)23-32)68-18-8-7-9-19-68)34-25-40-42(27-36(34)59)65-53(63-40)48-21-31-13-11-15-44(31)71(48)55(73)50(29(3)4)67-57(75)77-6/h22-31,43-50H,7-21H2,1-6H3,(H,62,64)(H,63,65)(H,66,74)(H,67,75)/t30-,31-,43-,44-,45+,46+,47-,48-,49-,50-/m0/s1. The highest BCUT2D eigenvalue weighted by Gasteiger charge is 2.51. The molecule has 6 aliphatic rings. The van der Waals surface area contributed by atoms with E-state index >= 15 is 17.6 Å². The summed E-state index contributed by atoms with van der Waals surface area (Å²) in [5.74, 6) is -2.29. The Morgan fingerprint density at radius 1 is 0.571 bits per heavy atom. The van der Waals surface area contributed by atoms with Crippen LogP contribution in [0.25, 0.3) is 22.1 Å². The Bertz CT molecular complexity index is 2900. The van der Waals surface area contributed by atoms with Crippen molar-refractivity contribution in [3.05, 3.63) is 82.4 Å². The summed E-state index contributed by atoms with van der Waals surface area (Å²) in [4.78, 5) is 77.7. The van der Waals surface area contributed by atoms with E-state index in [1.165, 1.54) is 38.5 Å². The number of amides is 4. The third kappa shape index (κ3) is 9.48. The number of benzene rings is 3. The number of methoxy groups -OCH3 is 2. The zero-order valence-electron chi connectivity index (χ0n) is 44.6. The van der Waals surface area contributed by atoms with Crippen molar-refractivity contribution in [2.24, 2.45) is 23.7 Å². The second kappa shape index (κ2) is 21.0. The number of imidazole rings is 2. The molecular formula is C57H70F4N10O6. The summed E-state index contributed by atoms with van der Waals surface area (Å²) < 4.78 is 77.1. The predicted molar refractivity (Wildman–Crippen MR) is 281 cm³/mol. The summed E-state index contributed by atoms with van der Waals surface area (Å²) in [6.45, 7) is 8.45. The van der Waals surface area contributed by atoms with Crippen molar-refractivity contribution in [3.8, 4) is 0 Å². The van der Waals surface area contributed by atoms with Gasteiger partial charge in [-0.25, -0.2) is 37.1 Å². The van der Waals surface area contributed by atoms with Gasteiger partial charge in [-0.3, -0.25) is 9.59 Å². The average molecular weight is 1070 g/mol. The Morgan fingerprint density at radius 2 is 1.01 bits per heavy atom. The van der Waals surface area contributed by atoms with Crippen molar-refractivity contribution < 1.29 is 46.2 Å². The van der Waals surface area contributed by atoms with Gasteiger partial charge in [-0.2, -0.15) is 0 Å². The molecule has 77 heavy (non-hydrogen) atoms. The number of piperidine rings is 1. The van der Waals surface area contributed by atoms with Crippen molar-refractivity contribution in [2.45, 2.75) is 160 Å². The first kappa shape index (κ1) is 52.5. The topological polar surface area (TPSA) is 181 Å². The highest BCUT2D eigenvalue weighted by molar-refractivity contribution is 5.88. The Labute approximate surface area is 445 Å². The fourth-order valence-corrected chi connectivity index (χ4v) is 14.3. The number of likely N-dealkylation sites (tertiary alicyclic amines) is 2. The third-order valence-corrected chi connectivity index (χ3v) is 17.9. The van der Waals surface area contributed by atoms with Crippen molar-refractivity contribution in [3.63, 3.8) is 0 Å². The van der Waals surface area contributed by atoms with E-state index < -0.39 is 71.7 Å². The molecule has 11 rings (SSSR count). The summed E-state index contributed by atoms with van der Waals surface area (Å²) in [7, 11) is 2.51. The molecule has 2 aromatic heterocycles. The molecular weight excluding hydrogens is 997 g/mol. The average Bonchev–Trinajstić information content (AvgIpc) is 4.31. The molecule has 0 radical (unpaired) electrons. The van der Waals surface area contributed by atoms with Gasteiger partial charge in [0, 0.05) is 42.0 Å². The van der Waals surface area contributed by atoms with Gasteiger partial charge in [0.25, 0.3) is 0 Å². The SMILES string of the molecule is COC(=O)N[C@H](C(=O)N1[C@H](c2nc3cc([C@H]4CC[C@H](c5cc6nc([C@@H]7C[C@@H]8CCC[C@@H]8N7C(=O)[C@@H](NC(=O)OC)C(C)C)[nH]c6cc5F)N4c4cc(F)c(N5CCCCC5)c(F)c4)c(F)cc3[nH]2)C[C@@H]2CCC[C@@H]21)C(C)C. The molecule has 5 aromatic rings. The number of hydrogen-bond acceptors (Lipinski definition) is 10. The lowest BCUT2D eigenvalue weighted by Gasteiger charge is -2.35. The number of carbonyl (C=O) groups is 4. The number of carbonyl (C=O) groups excluding carboxylic acids is 4. The Morgan fingerprint density at radius 3 is 1.43 bits per heavy atom. The maximum atomic E-state index is 17.1. The first-order chi connectivity index (χ1) is 37.0. The molecule has 6 heterocycles. The summed E-state index contributed by atoms with van der Waals surface area (Å²) >= 11 is 0. The van der Waals surface area contributed by atoms with Gasteiger partial charge >= 0.3 is 12.2 Å². The van der Waals surface area contributed by atoms with Gasteiger partial charge in [0.1, 0.15) is 41.1 Å². The molecule has 0 spiro atoms. The van der Waals surface area contributed by atoms with E-state index in [9.17, 15) is 19.2 Å². The van der Waals surface area contributed by atoms with E-state index in [0.29, 0.717) is 59.6 Å². The zero-order valence-corrected chi connectivity index (χ0v) is 44.6. The number of rotatable bonds is 12. The minimum Gasteiger partial charge on any atom is -0.453 e. The largest absolute Gasteiger partial charge is 0.453 e. The van der Waals surface area contributed by atoms with Crippen LogP contribution in [0.2, 0.25) is 0 Å². The molecule has 0 bridgehead atoms. The quantitative estimate of drug-likeness (QED) is 0.0878. The molecule has 10 atom stereocenters. The molecule has 2 aliphatic carbocycles. The Balaban J connectivity index is 0.957. The van der Waals surface area contributed by atoms with Crippen LogP contribution in [0.5, 0.6) is 0 Å². The molecule has 412 valence electrons. The highest BCUT2D eigenvalue weighted by Crippen LogP contribution is 2.52. The summed E-state index contributed by atoms with van der Waals surface area (Å²) in [5, 5.41) is 5.47. The van der Waals surface area contributed by atoms with Crippen molar-refractivity contribution in [1.29, 1.82) is 0 Å². The molecule has 16 nitrogen and oxygen atoms in total. The number of anilines is 2. The van der Waals surface area contributed by atoms with Crippen LogP contribution in [0.1, 0.15) is 158 Å². The molecule has 6 fully saturated rings. The van der Waals surface area contributed by atoms with Crippen LogP contribution in [-0.2, 0) is 19.1 Å². The molecule has 20 heteroatoms. The number of fused-ring (bicyclic) bond motifs is 4. The number of aromatic amines is 2. The minimum atomic E-state index is -0.850. The van der Waals surface area contributed by atoms with E-state index in [4.69, 9.17) is 19.4 Å². The second-order valence-electron chi connectivity index (χ2n) is 23.1. The van der Waals surface area contributed by atoms with Crippen LogP contribution in [0.3, 0.4) is 0 Å². The van der Waals surface area contributed by atoms with E-state index in [-0.39, 0.29) is 82.9 Å². The number of aromatic nitrogens is 4. The maximum Gasteiger partial charge on any atom is 0.407 e. The van der Waals surface area contributed by atoms with Gasteiger partial charge in [-0.1, -0.05) is 40.5 Å². The third-order valence-electron chi connectivity index (χ3n) is 17.9. The van der Waals surface area contributed by atoms with Gasteiger partial charge in [0.15, 0.2) is 11.6 Å². The van der Waals surface area contributed by atoms with E-state index in [1.807, 2.05) is 37.5 Å². The number of alkyl carbamates (subject to hydrolysis) is 2. The first-order valence-electron chi connectivity index (χ1n) is 27.8. The lowest BCUT2D eigenvalue weighted by atomic mass is 10.0. The number of hydrogen-bond donors (Lipinski definition) is 4. The number of halogens is 4. The number of H-pyrrole nitrogens is 2. The molecule has 4 aliphatic heterocycles. The molecule has 4 saturated heterocycles. The number of nitrogens with one attached hydrogen (secondary N) is 4. The van der Waals surface area contributed by atoms with Crippen molar-refractivity contribution in [2.75, 3.05) is 37.1 Å². The van der Waals surface area contributed by atoms with Crippen molar-refractivity contribution >= 4 is 57.4 Å². The zero-order chi connectivity index (χ0) is 54.1. The Kier molecular flexibility index (Phi) is 14.3. The van der Waals surface area contributed by atoms with E-state index in [2.05, 4.69) is 20.6 Å². The summed E-state index contributed by atoms with van der Waals surface area (Å²) in [5.41, 5.74) is 2.07. The fourth-order valence-electron chi connectivity index (χ4n) is 14.3. The summed E-state index contributed by atoms with van der Waals surface area (Å²) in [6.07, 6.45) is 8.39. The van der Waals surface area contributed by atoms with Crippen LogP contribution in [0.4, 0.5) is 38.5 Å². The van der Waals surface area contributed by atoms with Crippen LogP contribution in [0, 0.1) is 46.9 Å². The summed E-state index contributed by atoms with van der Waals surface area (Å²) in [6, 6.07) is 4.11. The van der Waals surface area contributed by atoms with E-state index in [0.717, 1.165) is 57.8 Å². The molecule has 0 unspecified atom stereocenters. The molecule has 2 saturated carbocycles. The van der Waals surface area contributed by atoms with Gasteiger partial charge < -0.3 is 49.7 Å². The number of ether oxygens (including phenoxy) is 2. The van der Waals surface area contributed by atoms with Crippen LogP contribution in [0.15, 0.2) is 36.4 Å². The van der Waals surface area contributed by atoms with Gasteiger partial charge in [-0.15, -0.1) is 0 Å². The van der Waals surface area contributed by atoms with Gasteiger partial charge in [0.05, 0.1) is 60.5 Å².